The number of pyridine rings is 1. The second-order valence-corrected chi connectivity index (χ2v) is 8.57. The van der Waals surface area contributed by atoms with Crippen molar-refractivity contribution in [2.75, 3.05) is 6.26 Å². The molecule has 0 saturated heterocycles. The molecule has 0 radical (unpaired) electrons. The predicted octanol–water partition coefficient (Wildman–Crippen LogP) is 2.05. The van der Waals surface area contributed by atoms with E-state index in [0.717, 1.165) is 12.3 Å². The SMILES string of the molecule is CC(c1ccc(S(C)(=O)=O)cn1)C(O)(Cn1cncn1)c1ccc(F)cc1F. The maximum atomic E-state index is 14.5. The largest absolute Gasteiger partial charge is 0.382 e. The number of rotatable bonds is 6. The molecule has 0 bridgehead atoms. The Balaban J connectivity index is 2.07. The van der Waals surface area contributed by atoms with Gasteiger partial charge < -0.3 is 5.11 Å². The van der Waals surface area contributed by atoms with Crippen LogP contribution in [0.25, 0.3) is 0 Å². The molecule has 0 saturated carbocycles. The summed E-state index contributed by atoms with van der Waals surface area (Å²) in [5.74, 6) is -2.47. The number of aliphatic hydroxyl groups is 1. The highest BCUT2D eigenvalue weighted by atomic mass is 32.2. The van der Waals surface area contributed by atoms with Crippen molar-refractivity contribution in [2.24, 2.45) is 0 Å². The molecule has 3 aromatic rings. The molecule has 0 spiro atoms. The summed E-state index contributed by atoms with van der Waals surface area (Å²) in [5, 5.41) is 15.4. The number of hydrogen-bond donors (Lipinski definition) is 1. The van der Waals surface area contributed by atoms with E-state index in [1.807, 2.05) is 0 Å². The van der Waals surface area contributed by atoms with Crippen molar-refractivity contribution < 1.29 is 22.3 Å². The lowest BCUT2D eigenvalue weighted by Gasteiger charge is -2.34. The van der Waals surface area contributed by atoms with E-state index in [-0.39, 0.29) is 17.0 Å². The molecule has 2 aromatic heterocycles. The highest BCUT2D eigenvalue weighted by Crippen LogP contribution is 2.39. The summed E-state index contributed by atoms with van der Waals surface area (Å²) >= 11 is 0. The number of aromatic nitrogens is 4. The minimum absolute atomic E-state index is 0.0243. The lowest BCUT2D eigenvalue weighted by atomic mass is 9.79. The quantitative estimate of drug-likeness (QED) is 0.670. The summed E-state index contributed by atoms with van der Waals surface area (Å²) in [5.41, 5.74) is -1.66. The Hall–Kier alpha value is -2.72. The Bertz CT molecular complexity index is 1070. The summed E-state index contributed by atoms with van der Waals surface area (Å²) in [6.45, 7) is 1.44. The van der Waals surface area contributed by atoms with Gasteiger partial charge in [0.1, 0.15) is 29.9 Å². The van der Waals surface area contributed by atoms with Crippen LogP contribution < -0.4 is 0 Å². The van der Waals surface area contributed by atoms with Gasteiger partial charge in [-0.2, -0.15) is 5.10 Å². The summed E-state index contributed by atoms with van der Waals surface area (Å²) in [6.07, 6.45) is 4.87. The molecule has 28 heavy (non-hydrogen) atoms. The second kappa shape index (κ2) is 7.36. The summed E-state index contributed by atoms with van der Waals surface area (Å²) < 4.78 is 52.5. The average Bonchev–Trinajstić information content (AvgIpc) is 3.13. The van der Waals surface area contributed by atoms with Crippen LogP contribution in [0.2, 0.25) is 0 Å². The van der Waals surface area contributed by atoms with Gasteiger partial charge in [-0.25, -0.2) is 26.9 Å². The first kappa shape index (κ1) is 20.0. The highest BCUT2D eigenvalue weighted by Gasteiger charge is 2.40. The molecule has 7 nitrogen and oxygen atoms in total. The number of hydrogen-bond acceptors (Lipinski definition) is 6. The average molecular weight is 408 g/mol. The summed E-state index contributed by atoms with van der Waals surface area (Å²) in [6, 6.07) is 5.73. The zero-order valence-electron chi connectivity index (χ0n) is 15.1. The predicted molar refractivity (Wildman–Crippen MR) is 96.0 cm³/mol. The van der Waals surface area contributed by atoms with Gasteiger partial charge in [0.2, 0.25) is 0 Å². The molecule has 3 rings (SSSR count). The molecule has 10 heteroatoms. The molecule has 1 N–H and O–H groups in total. The summed E-state index contributed by atoms with van der Waals surface area (Å²) in [4.78, 5) is 7.97. The maximum absolute atomic E-state index is 14.5. The van der Waals surface area contributed by atoms with Crippen LogP contribution in [0.1, 0.15) is 24.1 Å². The van der Waals surface area contributed by atoms with Gasteiger partial charge in [0.15, 0.2) is 9.84 Å². The van der Waals surface area contributed by atoms with Gasteiger partial charge in [0, 0.05) is 35.7 Å². The van der Waals surface area contributed by atoms with Crippen molar-refractivity contribution in [3.63, 3.8) is 0 Å². The van der Waals surface area contributed by atoms with Crippen molar-refractivity contribution in [3.8, 4) is 0 Å². The molecule has 148 valence electrons. The van der Waals surface area contributed by atoms with E-state index in [2.05, 4.69) is 15.1 Å². The van der Waals surface area contributed by atoms with Crippen LogP contribution >= 0.6 is 0 Å². The normalized spacial score (nSPS) is 15.2. The Morgan fingerprint density at radius 3 is 2.54 bits per heavy atom. The minimum Gasteiger partial charge on any atom is -0.382 e. The van der Waals surface area contributed by atoms with Gasteiger partial charge in [-0.1, -0.05) is 13.0 Å². The van der Waals surface area contributed by atoms with Crippen LogP contribution in [0.3, 0.4) is 0 Å². The van der Waals surface area contributed by atoms with Crippen molar-refractivity contribution in [3.05, 3.63) is 72.1 Å². The summed E-state index contributed by atoms with van der Waals surface area (Å²) in [7, 11) is -3.43. The molecule has 1 aromatic carbocycles. The minimum atomic E-state index is -3.43. The van der Waals surface area contributed by atoms with Crippen molar-refractivity contribution in [1.29, 1.82) is 0 Å². The Morgan fingerprint density at radius 1 is 1.25 bits per heavy atom. The molecule has 0 fully saturated rings. The topological polar surface area (TPSA) is 98.0 Å². The standard InChI is InChI=1S/C18H18F2N4O3S/c1-12(17-6-4-14(8-22-17)28(2,26)27)18(25,9-24-11-21-10-23-24)15-5-3-13(19)7-16(15)20/h3-8,10-12,25H,9H2,1-2H3. The van der Waals surface area contributed by atoms with Crippen LogP contribution in [0.15, 0.2) is 54.1 Å². The van der Waals surface area contributed by atoms with Crippen LogP contribution in [0.5, 0.6) is 0 Å². The number of nitrogens with zero attached hydrogens (tertiary/aromatic N) is 4. The van der Waals surface area contributed by atoms with Gasteiger partial charge in [-0.15, -0.1) is 0 Å². The van der Waals surface area contributed by atoms with Gasteiger partial charge in [-0.05, 0) is 18.2 Å². The number of halogens is 2. The Morgan fingerprint density at radius 2 is 2.00 bits per heavy atom. The molecule has 2 heterocycles. The Labute approximate surface area is 160 Å². The first-order valence-corrected chi connectivity index (χ1v) is 10.2. The van der Waals surface area contributed by atoms with E-state index in [1.54, 1.807) is 6.92 Å². The monoisotopic (exact) mass is 408 g/mol. The molecule has 2 atom stereocenters. The fourth-order valence-electron chi connectivity index (χ4n) is 2.97. The fraction of sp³-hybridized carbons (Fsp3) is 0.278. The third-order valence-electron chi connectivity index (χ3n) is 4.61. The lowest BCUT2D eigenvalue weighted by molar-refractivity contribution is -0.0123. The van der Waals surface area contributed by atoms with E-state index >= 15 is 0 Å². The molecule has 0 aliphatic heterocycles. The zero-order chi connectivity index (χ0) is 20.5. The van der Waals surface area contributed by atoms with Crippen molar-refractivity contribution in [2.45, 2.75) is 29.9 Å². The smallest absolute Gasteiger partial charge is 0.177 e. The lowest BCUT2D eigenvalue weighted by Crippen LogP contribution is -2.38. The number of sulfone groups is 1. The van der Waals surface area contributed by atoms with Crippen LogP contribution in [0.4, 0.5) is 8.78 Å². The maximum Gasteiger partial charge on any atom is 0.177 e. The first-order chi connectivity index (χ1) is 13.1. The molecule has 0 amide bonds. The van der Waals surface area contributed by atoms with E-state index in [0.29, 0.717) is 11.8 Å². The van der Waals surface area contributed by atoms with E-state index < -0.39 is 33.0 Å². The van der Waals surface area contributed by atoms with Crippen LogP contribution in [-0.2, 0) is 22.0 Å². The van der Waals surface area contributed by atoms with Crippen molar-refractivity contribution >= 4 is 9.84 Å². The van der Waals surface area contributed by atoms with Gasteiger partial charge in [-0.3, -0.25) is 4.98 Å². The molecule has 0 aliphatic rings. The van der Waals surface area contributed by atoms with E-state index in [4.69, 9.17) is 0 Å². The second-order valence-electron chi connectivity index (χ2n) is 6.55. The van der Waals surface area contributed by atoms with Gasteiger partial charge in [0.05, 0.1) is 11.4 Å². The Kier molecular flexibility index (Phi) is 5.26. The van der Waals surface area contributed by atoms with E-state index in [9.17, 15) is 22.3 Å². The first-order valence-electron chi connectivity index (χ1n) is 8.27. The molecule has 0 aliphatic carbocycles. The van der Waals surface area contributed by atoms with E-state index in [1.165, 1.54) is 41.7 Å². The molecular weight excluding hydrogens is 390 g/mol. The third kappa shape index (κ3) is 3.92. The molecular formula is C18H18F2N4O3S. The van der Waals surface area contributed by atoms with Gasteiger partial charge >= 0.3 is 0 Å². The third-order valence-corrected chi connectivity index (χ3v) is 5.71. The van der Waals surface area contributed by atoms with Gasteiger partial charge in [0.25, 0.3) is 0 Å². The fourth-order valence-corrected chi connectivity index (χ4v) is 3.53. The van der Waals surface area contributed by atoms with Crippen molar-refractivity contribution in [1.82, 2.24) is 19.7 Å². The van der Waals surface area contributed by atoms with Crippen LogP contribution in [-0.4, -0.2) is 39.5 Å². The zero-order valence-corrected chi connectivity index (χ0v) is 15.9. The highest BCUT2D eigenvalue weighted by molar-refractivity contribution is 7.90. The number of benzene rings is 1. The molecule has 2 unspecified atom stereocenters. The van der Waals surface area contributed by atoms with Crippen LogP contribution in [0, 0.1) is 11.6 Å².